The fourth-order valence-corrected chi connectivity index (χ4v) is 4.31. The van der Waals surface area contributed by atoms with Gasteiger partial charge in [-0.2, -0.15) is 0 Å². The lowest BCUT2D eigenvalue weighted by Crippen LogP contribution is -2.45. The van der Waals surface area contributed by atoms with Crippen molar-refractivity contribution in [2.24, 2.45) is 5.92 Å². The normalized spacial score (nSPS) is 24.4. The number of benzene rings is 2. The summed E-state index contributed by atoms with van der Waals surface area (Å²) in [4.78, 5) is 2.17. The van der Waals surface area contributed by atoms with Crippen LogP contribution in [-0.2, 0) is 5.60 Å². The molecule has 0 radical (unpaired) electrons. The van der Waals surface area contributed by atoms with Gasteiger partial charge in [-0.15, -0.1) is 0 Å². The molecule has 0 heterocycles. The summed E-state index contributed by atoms with van der Waals surface area (Å²) in [7, 11) is 5.83. The van der Waals surface area contributed by atoms with E-state index < -0.39 is 5.60 Å². The van der Waals surface area contributed by atoms with E-state index in [0.717, 1.165) is 53.8 Å². The fraction of sp³-hybridized carbons (Fsp3) is 0.417. The molecule has 1 N–H and O–H groups in total. The summed E-state index contributed by atoms with van der Waals surface area (Å²) in [5.74, 6) is 0.875. The number of aryl methyl sites for hydroxylation is 1. The molecule has 0 amide bonds. The maximum absolute atomic E-state index is 12.2. The summed E-state index contributed by atoms with van der Waals surface area (Å²) in [6.45, 7) is 2.90. The summed E-state index contributed by atoms with van der Waals surface area (Å²) in [6, 6.07) is 16.4. The van der Waals surface area contributed by atoms with Gasteiger partial charge < -0.3 is 14.7 Å². The van der Waals surface area contributed by atoms with Gasteiger partial charge in [0.25, 0.3) is 0 Å². The Morgan fingerprint density at radius 1 is 1.19 bits per heavy atom. The highest BCUT2D eigenvalue weighted by Gasteiger charge is 2.45. The Labute approximate surface area is 163 Å². The number of nitrogens with zero attached hydrogens (tertiary/aromatic N) is 1. The third kappa shape index (κ3) is 4.10. The van der Waals surface area contributed by atoms with Gasteiger partial charge in [-0.05, 0) is 63.6 Å². The average Bonchev–Trinajstić information content (AvgIpc) is 2.65. The molecule has 2 aromatic carbocycles. The highest BCUT2D eigenvalue weighted by atomic mass is 16.5. The molecule has 2 atom stereocenters. The summed E-state index contributed by atoms with van der Waals surface area (Å²) >= 11 is 0. The Balaban J connectivity index is 2.18. The van der Waals surface area contributed by atoms with E-state index >= 15 is 0 Å². The lowest BCUT2D eigenvalue weighted by Gasteiger charge is -2.44. The van der Waals surface area contributed by atoms with Crippen LogP contribution >= 0.6 is 0 Å². The van der Waals surface area contributed by atoms with E-state index in [4.69, 9.17) is 4.74 Å². The van der Waals surface area contributed by atoms with Crippen molar-refractivity contribution in [3.63, 3.8) is 0 Å². The number of hydrogen-bond acceptors (Lipinski definition) is 3. The van der Waals surface area contributed by atoms with E-state index in [1.807, 2.05) is 30.3 Å². The SMILES string of the molecule is COc1ccc(C)cc1C1(O)/C(=C/c2ccccc2)CCCC1CN(C)C. The molecular weight excluding hydrogens is 334 g/mol. The van der Waals surface area contributed by atoms with Crippen molar-refractivity contribution in [1.29, 1.82) is 0 Å². The lowest BCUT2D eigenvalue weighted by atomic mass is 9.67. The Morgan fingerprint density at radius 3 is 2.59 bits per heavy atom. The predicted molar refractivity (Wildman–Crippen MR) is 112 cm³/mol. The minimum atomic E-state index is -1.03. The van der Waals surface area contributed by atoms with Crippen LogP contribution in [-0.4, -0.2) is 37.8 Å². The molecule has 0 aromatic heterocycles. The summed E-state index contributed by atoms with van der Waals surface area (Å²) in [6.07, 6.45) is 5.15. The molecule has 1 saturated carbocycles. The number of methoxy groups -OCH3 is 1. The Morgan fingerprint density at radius 2 is 1.93 bits per heavy atom. The van der Waals surface area contributed by atoms with Gasteiger partial charge in [0.05, 0.1) is 7.11 Å². The second-order valence-corrected chi connectivity index (χ2v) is 7.90. The van der Waals surface area contributed by atoms with Crippen LogP contribution in [0, 0.1) is 12.8 Å². The third-order valence-electron chi connectivity index (χ3n) is 5.57. The highest BCUT2D eigenvalue weighted by Crippen LogP contribution is 2.49. The Hall–Kier alpha value is -2.10. The zero-order valence-corrected chi connectivity index (χ0v) is 16.9. The zero-order chi connectivity index (χ0) is 19.4. The largest absolute Gasteiger partial charge is 0.496 e. The van der Waals surface area contributed by atoms with Crippen molar-refractivity contribution in [2.75, 3.05) is 27.7 Å². The highest BCUT2D eigenvalue weighted by molar-refractivity contribution is 5.59. The number of rotatable bonds is 5. The van der Waals surface area contributed by atoms with Gasteiger partial charge >= 0.3 is 0 Å². The molecule has 0 bridgehead atoms. The molecule has 2 aromatic rings. The minimum Gasteiger partial charge on any atom is -0.496 e. The second kappa shape index (κ2) is 8.28. The Kier molecular flexibility index (Phi) is 6.03. The maximum atomic E-state index is 12.2. The molecule has 3 rings (SSSR count). The summed E-state index contributed by atoms with van der Waals surface area (Å²) in [5, 5.41) is 12.2. The van der Waals surface area contributed by atoms with Crippen molar-refractivity contribution in [2.45, 2.75) is 31.8 Å². The monoisotopic (exact) mass is 365 g/mol. The molecule has 0 saturated heterocycles. The predicted octanol–water partition coefficient (Wildman–Crippen LogP) is 4.64. The average molecular weight is 366 g/mol. The topological polar surface area (TPSA) is 32.7 Å². The number of aliphatic hydroxyl groups is 1. The molecule has 1 aliphatic carbocycles. The van der Waals surface area contributed by atoms with Crippen molar-refractivity contribution >= 4 is 6.08 Å². The molecule has 0 aliphatic heterocycles. The van der Waals surface area contributed by atoms with Crippen LogP contribution in [0.3, 0.4) is 0 Å². The quantitative estimate of drug-likeness (QED) is 0.838. The van der Waals surface area contributed by atoms with Crippen LogP contribution in [0.5, 0.6) is 5.75 Å². The zero-order valence-electron chi connectivity index (χ0n) is 16.9. The van der Waals surface area contributed by atoms with Crippen LogP contribution in [0.1, 0.15) is 36.0 Å². The molecule has 3 nitrogen and oxygen atoms in total. The Bertz CT molecular complexity index is 797. The van der Waals surface area contributed by atoms with E-state index in [1.165, 1.54) is 0 Å². The minimum absolute atomic E-state index is 0.118. The third-order valence-corrected chi connectivity index (χ3v) is 5.57. The van der Waals surface area contributed by atoms with Gasteiger partial charge in [0, 0.05) is 18.0 Å². The molecular formula is C24H31NO2. The van der Waals surface area contributed by atoms with Crippen LogP contribution in [0.15, 0.2) is 54.1 Å². The van der Waals surface area contributed by atoms with E-state index in [1.54, 1.807) is 7.11 Å². The van der Waals surface area contributed by atoms with E-state index in [2.05, 4.69) is 50.2 Å². The summed E-state index contributed by atoms with van der Waals surface area (Å²) in [5.41, 5.74) is 3.19. The summed E-state index contributed by atoms with van der Waals surface area (Å²) < 4.78 is 5.67. The van der Waals surface area contributed by atoms with Crippen molar-refractivity contribution in [3.8, 4) is 5.75 Å². The van der Waals surface area contributed by atoms with Crippen LogP contribution in [0.25, 0.3) is 6.08 Å². The van der Waals surface area contributed by atoms with Gasteiger partial charge in [0.2, 0.25) is 0 Å². The first-order chi connectivity index (χ1) is 12.9. The van der Waals surface area contributed by atoms with Crippen molar-refractivity contribution in [3.05, 3.63) is 70.8 Å². The van der Waals surface area contributed by atoms with Crippen LogP contribution < -0.4 is 4.74 Å². The number of ether oxygens (including phenoxy) is 1. The van der Waals surface area contributed by atoms with Crippen molar-refractivity contribution < 1.29 is 9.84 Å². The smallest absolute Gasteiger partial charge is 0.125 e. The van der Waals surface area contributed by atoms with Gasteiger partial charge in [-0.25, -0.2) is 0 Å². The molecule has 2 unspecified atom stereocenters. The lowest BCUT2D eigenvalue weighted by molar-refractivity contribution is -0.0190. The fourth-order valence-electron chi connectivity index (χ4n) is 4.31. The van der Waals surface area contributed by atoms with E-state index in [-0.39, 0.29) is 5.92 Å². The molecule has 3 heteroatoms. The molecule has 1 fully saturated rings. The van der Waals surface area contributed by atoms with Gasteiger partial charge in [0.1, 0.15) is 11.4 Å². The second-order valence-electron chi connectivity index (χ2n) is 7.90. The first-order valence-electron chi connectivity index (χ1n) is 9.73. The number of hydrogen-bond donors (Lipinski definition) is 1. The maximum Gasteiger partial charge on any atom is 0.125 e. The standard InChI is InChI=1S/C24H31NO2/c1-18-13-14-23(27-4)22(15-18)24(26)20(16-19-9-6-5-7-10-19)11-8-12-21(24)17-25(2)3/h5-7,9-10,13-16,21,26H,8,11-12,17H2,1-4H3/b20-16+. The van der Waals surface area contributed by atoms with E-state index in [9.17, 15) is 5.11 Å². The molecule has 1 aliphatic rings. The first kappa shape index (κ1) is 19.7. The first-order valence-corrected chi connectivity index (χ1v) is 9.73. The van der Waals surface area contributed by atoms with Gasteiger partial charge in [0.15, 0.2) is 0 Å². The van der Waals surface area contributed by atoms with Gasteiger partial charge in [-0.3, -0.25) is 0 Å². The van der Waals surface area contributed by atoms with Crippen molar-refractivity contribution in [1.82, 2.24) is 4.90 Å². The molecule has 27 heavy (non-hydrogen) atoms. The van der Waals surface area contributed by atoms with Gasteiger partial charge in [-0.1, -0.05) is 48.0 Å². The van der Waals surface area contributed by atoms with Crippen LogP contribution in [0.4, 0.5) is 0 Å². The molecule has 144 valence electrons. The van der Waals surface area contributed by atoms with E-state index in [0.29, 0.717) is 0 Å². The molecule has 0 spiro atoms. The van der Waals surface area contributed by atoms with Crippen LogP contribution in [0.2, 0.25) is 0 Å².